The van der Waals surface area contributed by atoms with Gasteiger partial charge in [-0.05, 0) is 161 Å². The summed E-state index contributed by atoms with van der Waals surface area (Å²) >= 11 is 0. The number of aliphatic hydroxyl groups excluding tert-OH is 2. The van der Waals surface area contributed by atoms with E-state index >= 15 is 0 Å². The van der Waals surface area contributed by atoms with Crippen molar-refractivity contribution in [3.05, 3.63) is 194 Å². The summed E-state index contributed by atoms with van der Waals surface area (Å²) in [6, 6.07) is 0. The molecule has 0 spiro atoms. The van der Waals surface area contributed by atoms with Gasteiger partial charge in [-0.2, -0.15) is 0 Å². The molecule has 0 aliphatic rings. The van der Waals surface area contributed by atoms with Crippen LogP contribution in [-0.4, -0.2) is 95.9 Å². The zero-order valence-corrected chi connectivity index (χ0v) is 69.4. The Balaban J connectivity index is 4.75. The first-order chi connectivity index (χ1) is 53.2. The Morgan fingerprint density at radius 3 is 0.725 bits per heavy atom. The second-order valence-electron chi connectivity index (χ2n) is 27.1. The van der Waals surface area contributed by atoms with Crippen LogP contribution >= 0.6 is 15.6 Å². The lowest BCUT2D eigenvalue weighted by atomic mass is 10.1. The first-order valence-electron chi connectivity index (χ1n) is 41.7. The van der Waals surface area contributed by atoms with Gasteiger partial charge in [0, 0.05) is 19.3 Å². The predicted octanol–water partition coefficient (Wildman–Crippen LogP) is 25.1. The lowest BCUT2D eigenvalue weighted by Crippen LogP contribution is -2.30. The number of hydrogen-bond acceptors (Lipinski definition) is 14. The molecule has 0 amide bonds. The third-order valence-electron chi connectivity index (χ3n) is 16.8. The summed E-state index contributed by atoms with van der Waals surface area (Å²) in [5.41, 5.74) is 0. The monoisotopic (exact) mass is 1560 g/mol. The minimum Gasteiger partial charge on any atom is -0.463 e. The highest BCUT2D eigenvalue weighted by molar-refractivity contribution is 7.47. The lowest BCUT2D eigenvalue weighted by molar-refractivity contribution is -0.161. The maximum Gasteiger partial charge on any atom is 0.472 e. The minimum absolute atomic E-state index is 0.0821. The highest BCUT2D eigenvalue weighted by Gasteiger charge is 2.29. The Morgan fingerprint density at radius 2 is 0.459 bits per heavy atom. The second-order valence-corrected chi connectivity index (χ2v) is 30.0. The lowest BCUT2D eigenvalue weighted by Gasteiger charge is -2.21. The minimum atomic E-state index is -4.95. The standard InChI is InChI=1S/C91H148O16P2/c1-4-7-10-13-16-19-22-25-28-31-34-37-40-42-45-47-50-53-56-59-62-65-68-71-74-77-89(94)101-80-86(92)81-103-108(97,98)104-82-87(93)83-105-109(99,100)106-85-88(107-91(96)79-76-73-70-67-64-61-58-55-52-49-44-39-36-33-30-27-24-21-18-15-12-9-6-3)84-102-90(95)78-75-72-69-66-63-60-57-54-51-48-46-43-41-38-35-32-29-26-23-20-17-14-11-8-5-2/h7-12,16-21,25-30,34-39,42-43,45-46,49-50,52-53,86-88,92-93H,4-6,13-15,22-24,31-33,40-41,44,47-48,51,54-85H2,1-3H3,(H,97,98)(H,99,100)/b10-7-,11-8-,12-9-,19-16-,20-17-,21-18-,28-25-,29-26-,30-27-,37-34-,38-35-,39-36-,45-42-,46-43-,52-49-,53-50-. The molecular formula is C91H148O16P2. The number of allylic oxidation sites excluding steroid dienone is 32. The topological polar surface area (TPSA) is 231 Å². The van der Waals surface area contributed by atoms with E-state index in [0.29, 0.717) is 19.3 Å². The molecule has 0 aliphatic heterocycles. The van der Waals surface area contributed by atoms with Gasteiger partial charge < -0.3 is 34.2 Å². The van der Waals surface area contributed by atoms with Crippen LogP contribution in [0, 0.1) is 0 Å². The molecule has 0 rings (SSSR count). The summed E-state index contributed by atoms with van der Waals surface area (Å²) in [6.07, 6.45) is 107. The van der Waals surface area contributed by atoms with Crippen LogP contribution in [0.15, 0.2) is 194 Å². The summed E-state index contributed by atoms with van der Waals surface area (Å²) < 4.78 is 61.3. The van der Waals surface area contributed by atoms with E-state index in [1.54, 1.807) is 0 Å². The average molecular weight is 1560 g/mol. The Hall–Kier alpha value is -5.61. The van der Waals surface area contributed by atoms with E-state index in [1.807, 2.05) is 0 Å². The number of rotatable bonds is 77. The number of unbranched alkanes of at least 4 members (excludes halogenated alkanes) is 22. The van der Waals surface area contributed by atoms with Crippen molar-refractivity contribution in [2.75, 3.05) is 39.6 Å². The van der Waals surface area contributed by atoms with Gasteiger partial charge in [-0.25, -0.2) is 9.13 Å². The number of phosphoric acid groups is 2. The molecule has 0 radical (unpaired) electrons. The third kappa shape index (κ3) is 83.2. The predicted molar refractivity (Wildman–Crippen MR) is 454 cm³/mol. The van der Waals surface area contributed by atoms with Crippen LogP contribution in [-0.2, 0) is 55.8 Å². The van der Waals surface area contributed by atoms with Crippen LogP contribution in [0.5, 0.6) is 0 Å². The zero-order chi connectivity index (χ0) is 79.4. The molecule has 0 saturated carbocycles. The fraction of sp³-hybridized carbons (Fsp3) is 0.615. The Kier molecular flexibility index (Phi) is 77.7. The van der Waals surface area contributed by atoms with Crippen molar-refractivity contribution in [3.63, 3.8) is 0 Å². The van der Waals surface area contributed by atoms with E-state index < -0.39 is 91.5 Å². The number of phosphoric ester groups is 2. The molecule has 0 aromatic rings. The quantitative estimate of drug-likeness (QED) is 0.0146. The van der Waals surface area contributed by atoms with Crippen LogP contribution < -0.4 is 0 Å². The van der Waals surface area contributed by atoms with Crippen LogP contribution in [0.2, 0.25) is 0 Å². The van der Waals surface area contributed by atoms with Crippen molar-refractivity contribution < 1.29 is 75.8 Å². The van der Waals surface area contributed by atoms with Crippen LogP contribution in [0.4, 0.5) is 0 Å². The van der Waals surface area contributed by atoms with E-state index in [0.717, 1.165) is 218 Å². The van der Waals surface area contributed by atoms with E-state index in [4.69, 9.17) is 32.3 Å². The molecule has 109 heavy (non-hydrogen) atoms. The van der Waals surface area contributed by atoms with E-state index in [1.165, 1.54) is 25.7 Å². The van der Waals surface area contributed by atoms with E-state index in [9.17, 15) is 43.5 Å². The smallest absolute Gasteiger partial charge is 0.463 e. The first-order valence-corrected chi connectivity index (χ1v) is 44.7. The fourth-order valence-electron chi connectivity index (χ4n) is 10.6. The summed E-state index contributed by atoms with van der Waals surface area (Å²) in [7, 11) is -9.82. The van der Waals surface area contributed by atoms with E-state index in [2.05, 4.69) is 215 Å². The number of aliphatic hydroxyl groups is 2. The van der Waals surface area contributed by atoms with Crippen LogP contribution in [0.3, 0.4) is 0 Å². The number of hydrogen-bond donors (Lipinski definition) is 4. The van der Waals surface area contributed by atoms with Gasteiger partial charge in [0.2, 0.25) is 0 Å². The first kappa shape index (κ1) is 103. The molecule has 18 heteroatoms. The molecule has 0 fully saturated rings. The van der Waals surface area contributed by atoms with Gasteiger partial charge in [-0.1, -0.05) is 318 Å². The summed E-state index contributed by atoms with van der Waals surface area (Å²) in [6.45, 7) is 2.30. The van der Waals surface area contributed by atoms with Gasteiger partial charge in [-0.15, -0.1) is 0 Å². The normalized spacial score (nSPS) is 14.9. The summed E-state index contributed by atoms with van der Waals surface area (Å²) in [5, 5.41) is 20.7. The third-order valence-corrected chi connectivity index (χ3v) is 18.7. The molecule has 618 valence electrons. The molecular weight excluding hydrogens is 1410 g/mol. The highest BCUT2D eigenvalue weighted by atomic mass is 31.2. The van der Waals surface area contributed by atoms with Gasteiger partial charge in [0.25, 0.3) is 0 Å². The number of carbonyl (C=O) groups is 3. The Morgan fingerprint density at radius 1 is 0.257 bits per heavy atom. The average Bonchev–Trinajstić information content (AvgIpc) is 0.903. The van der Waals surface area contributed by atoms with Crippen molar-refractivity contribution in [3.8, 4) is 0 Å². The van der Waals surface area contributed by atoms with Crippen LogP contribution in [0.1, 0.15) is 303 Å². The maximum atomic E-state index is 13.0. The van der Waals surface area contributed by atoms with Crippen molar-refractivity contribution in [2.24, 2.45) is 0 Å². The molecule has 0 aromatic heterocycles. The van der Waals surface area contributed by atoms with Gasteiger partial charge in [0.05, 0.1) is 26.4 Å². The van der Waals surface area contributed by atoms with Crippen molar-refractivity contribution in [1.29, 1.82) is 0 Å². The van der Waals surface area contributed by atoms with Crippen molar-refractivity contribution >= 4 is 33.6 Å². The van der Waals surface area contributed by atoms with Gasteiger partial charge in [-0.3, -0.25) is 32.5 Å². The SMILES string of the molecule is CC/C=C\C/C=C\C/C=C\C/C=C\C/C=C\C/C=C\CCCCCCCCC(=O)OCC(O)COP(=O)(O)OCC(O)COP(=O)(O)OCC(COC(=O)CCCCCCCCCCC/C=C\C/C=C\C/C=C\C/C=C\C/C=C\CC)OC(=O)CCCCCCCCC/C=C\C/C=C\C/C=C\C/C=C\C/C=C\CC. The second kappa shape index (κ2) is 81.9. The largest absolute Gasteiger partial charge is 0.472 e. The number of carbonyl (C=O) groups excluding carboxylic acids is 3. The fourth-order valence-corrected chi connectivity index (χ4v) is 12.2. The van der Waals surface area contributed by atoms with Gasteiger partial charge in [0.1, 0.15) is 25.4 Å². The Labute approximate surface area is 661 Å². The van der Waals surface area contributed by atoms with E-state index in [-0.39, 0.29) is 19.3 Å². The zero-order valence-electron chi connectivity index (χ0n) is 67.6. The highest BCUT2D eigenvalue weighted by Crippen LogP contribution is 2.45. The molecule has 0 bridgehead atoms. The molecule has 5 unspecified atom stereocenters. The summed E-state index contributed by atoms with van der Waals surface area (Å²) in [5.74, 6) is -1.62. The maximum absolute atomic E-state index is 13.0. The van der Waals surface area contributed by atoms with Gasteiger partial charge in [0.15, 0.2) is 6.10 Å². The molecule has 4 N–H and O–H groups in total. The molecule has 0 saturated heterocycles. The number of ether oxygens (including phenoxy) is 3. The molecule has 5 atom stereocenters. The molecule has 16 nitrogen and oxygen atoms in total. The Bertz CT molecular complexity index is 2760. The molecule has 0 aliphatic carbocycles. The van der Waals surface area contributed by atoms with Crippen molar-refractivity contribution in [1.82, 2.24) is 0 Å². The van der Waals surface area contributed by atoms with Crippen LogP contribution in [0.25, 0.3) is 0 Å². The molecule has 0 heterocycles. The summed E-state index contributed by atoms with van der Waals surface area (Å²) in [4.78, 5) is 58.9. The van der Waals surface area contributed by atoms with Gasteiger partial charge >= 0.3 is 33.6 Å². The molecule has 0 aromatic carbocycles. The van der Waals surface area contributed by atoms with Crippen molar-refractivity contribution in [2.45, 2.75) is 322 Å². The number of esters is 3.